The van der Waals surface area contributed by atoms with Crippen molar-refractivity contribution in [3.05, 3.63) is 28.8 Å². The average Bonchev–Trinajstić information content (AvgIpc) is 3.22. The number of halogens is 1. The van der Waals surface area contributed by atoms with Crippen LogP contribution in [0.25, 0.3) is 0 Å². The number of carboxylic acid groups (broad SMARTS) is 1. The van der Waals surface area contributed by atoms with E-state index in [1.807, 2.05) is 6.92 Å². The van der Waals surface area contributed by atoms with Crippen LogP contribution in [0.1, 0.15) is 31.7 Å². The van der Waals surface area contributed by atoms with Crippen LogP contribution < -0.4 is 20.7 Å². The van der Waals surface area contributed by atoms with Crippen molar-refractivity contribution in [1.29, 1.82) is 0 Å². The van der Waals surface area contributed by atoms with Gasteiger partial charge in [-0.1, -0.05) is 11.6 Å². The lowest BCUT2D eigenvalue weighted by Crippen LogP contribution is -2.52. The zero-order valence-corrected chi connectivity index (χ0v) is 15.9. The van der Waals surface area contributed by atoms with Gasteiger partial charge in [0.15, 0.2) is 6.10 Å². The molecule has 2 bridgehead atoms. The molecule has 2 aliphatic carbocycles. The summed E-state index contributed by atoms with van der Waals surface area (Å²) in [5.74, 6) is -3.14. The van der Waals surface area contributed by atoms with E-state index >= 15 is 0 Å². The first-order valence-electron chi connectivity index (χ1n) is 9.01. The molecular weight excluding hydrogens is 372 g/mol. The number of nitrogens with one attached hydrogen (secondary N) is 2. The van der Waals surface area contributed by atoms with Crippen LogP contribution in [0.3, 0.4) is 0 Å². The van der Waals surface area contributed by atoms with E-state index in [9.17, 15) is 19.5 Å². The Kier molecular flexibility index (Phi) is 5.60. The third kappa shape index (κ3) is 4.03. The predicted molar refractivity (Wildman–Crippen MR) is 95.4 cm³/mol. The first-order chi connectivity index (χ1) is 12.8. The van der Waals surface area contributed by atoms with Gasteiger partial charge in [-0.25, -0.2) is 0 Å². The normalized spacial score (nSPS) is 27.1. The molecule has 0 radical (unpaired) electrons. The monoisotopic (exact) mass is 393 g/mol. The average molecular weight is 394 g/mol. The Morgan fingerprint density at radius 2 is 1.85 bits per heavy atom. The second kappa shape index (κ2) is 7.76. The van der Waals surface area contributed by atoms with Crippen LogP contribution in [0.5, 0.6) is 5.75 Å². The predicted octanol–water partition coefficient (Wildman–Crippen LogP) is 0.975. The highest BCUT2D eigenvalue weighted by Crippen LogP contribution is 2.52. The maximum atomic E-state index is 12.5. The zero-order valence-electron chi connectivity index (χ0n) is 15.2. The molecule has 0 unspecified atom stereocenters. The lowest BCUT2D eigenvalue weighted by atomic mass is 9.79. The minimum Gasteiger partial charge on any atom is -0.550 e. The Morgan fingerprint density at radius 1 is 1.19 bits per heavy atom. The number of amides is 2. The maximum Gasteiger partial charge on any atom is 0.279 e. The van der Waals surface area contributed by atoms with Crippen LogP contribution in [0.4, 0.5) is 0 Å². The molecule has 1 aromatic carbocycles. The van der Waals surface area contributed by atoms with Crippen LogP contribution in [0, 0.1) is 30.6 Å². The molecule has 0 saturated heterocycles. The van der Waals surface area contributed by atoms with Gasteiger partial charge in [0, 0.05) is 16.9 Å². The fourth-order valence-corrected chi connectivity index (χ4v) is 4.53. The van der Waals surface area contributed by atoms with Gasteiger partial charge in [-0.15, -0.1) is 0 Å². The number of carbonyl (C=O) groups is 3. The van der Waals surface area contributed by atoms with Crippen LogP contribution in [0.2, 0.25) is 5.02 Å². The minimum atomic E-state index is -1.19. The van der Waals surface area contributed by atoms with Crippen LogP contribution in [-0.4, -0.2) is 23.9 Å². The summed E-state index contributed by atoms with van der Waals surface area (Å²) in [6, 6.07) is 5.05. The van der Waals surface area contributed by atoms with E-state index in [4.69, 9.17) is 16.3 Å². The fourth-order valence-electron chi connectivity index (χ4n) is 4.30. The van der Waals surface area contributed by atoms with Gasteiger partial charge in [-0.05, 0) is 68.7 Å². The lowest BCUT2D eigenvalue weighted by molar-refractivity contribution is -0.314. The van der Waals surface area contributed by atoms with Gasteiger partial charge in [0.05, 0.1) is 5.92 Å². The Hall–Kier alpha value is -2.28. The van der Waals surface area contributed by atoms with Crippen molar-refractivity contribution in [3.63, 3.8) is 0 Å². The number of ether oxygens (including phenoxy) is 1. The highest BCUT2D eigenvalue weighted by atomic mass is 35.5. The highest BCUT2D eigenvalue weighted by Gasteiger charge is 2.51. The summed E-state index contributed by atoms with van der Waals surface area (Å²) in [7, 11) is 0. The van der Waals surface area contributed by atoms with Crippen molar-refractivity contribution in [2.45, 2.75) is 39.2 Å². The Morgan fingerprint density at radius 3 is 2.48 bits per heavy atom. The molecule has 0 aromatic heterocycles. The molecular formula is C19H22ClN2O5-. The van der Waals surface area contributed by atoms with Crippen LogP contribution in [-0.2, 0) is 14.4 Å². The molecule has 7 nitrogen and oxygen atoms in total. The molecule has 5 atom stereocenters. The molecule has 2 aliphatic rings. The van der Waals surface area contributed by atoms with E-state index in [-0.39, 0.29) is 11.8 Å². The largest absolute Gasteiger partial charge is 0.550 e. The highest BCUT2D eigenvalue weighted by molar-refractivity contribution is 6.30. The molecule has 1 aromatic rings. The van der Waals surface area contributed by atoms with Gasteiger partial charge < -0.3 is 14.6 Å². The first kappa shape index (κ1) is 19.5. The summed E-state index contributed by atoms with van der Waals surface area (Å²) < 4.78 is 5.60. The van der Waals surface area contributed by atoms with Crippen LogP contribution >= 0.6 is 11.6 Å². The summed E-state index contributed by atoms with van der Waals surface area (Å²) >= 11 is 5.90. The number of hydrogen-bond donors (Lipinski definition) is 2. The first-order valence-corrected chi connectivity index (χ1v) is 9.39. The third-order valence-electron chi connectivity index (χ3n) is 5.61. The molecule has 2 fully saturated rings. The van der Waals surface area contributed by atoms with Gasteiger partial charge >= 0.3 is 0 Å². The van der Waals surface area contributed by atoms with E-state index in [1.54, 1.807) is 25.1 Å². The van der Waals surface area contributed by atoms with Gasteiger partial charge in [0.2, 0.25) is 5.91 Å². The molecule has 2 N–H and O–H groups in total. The molecule has 27 heavy (non-hydrogen) atoms. The van der Waals surface area contributed by atoms with Gasteiger partial charge in [-0.2, -0.15) is 0 Å². The van der Waals surface area contributed by atoms with E-state index in [1.165, 1.54) is 0 Å². The van der Waals surface area contributed by atoms with E-state index in [0.717, 1.165) is 24.8 Å². The molecule has 0 aliphatic heterocycles. The van der Waals surface area contributed by atoms with Gasteiger partial charge in [-0.3, -0.25) is 20.4 Å². The maximum absolute atomic E-state index is 12.5. The number of carbonyl (C=O) groups excluding carboxylic acids is 3. The summed E-state index contributed by atoms with van der Waals surface area (Å²) in [5.41, 5.74) is 5.46. The summed E-state index contributed by atoms with van der Waals surface area (Å²) in [6.45, 7) is 3.36. The number of aryl methyl sites for hydroxylation is 1. The lowest BCUT2D eigenvalue weighted by Gasteiger charge is -2.30. The second-order valence-corrected chi connectivity index (χ2v) is 7.79. The minimum absolute atomic E-state index is 0.0124. The third-order valence-corrected chi connectivity index (χ3v) is 5.85. The number of benzene rings is 1. The van der Waals surface area contributed by atoms with Crippen molar-refractivity contribution < 1.29 is 24.2 Å². The Balaban J connectivity index is 1.55. The number of rotatable bonds is 5. The van der Waals surface area contributed by atoms with Crippen molar-refractivity contribution in [1.82, 2.24) is 10.9 Å². The molecule has 2 saturated carbocycles. The summed E-state index contributed by atoms with van der Waals surface area (Å²) in [6.07, 6.45) is 1.50. The number of hydrazine groups is 1. The molecule has 8 heteroatoms. The Labute approximate surface area is 162 Å². The second-order valence-electron chi connectivity index (χ2n) is 7.35. The smallest absolute Gasteiger partial charge is 0.279 e. The van der Waals surface area contributed by atoms with E-state index in [0.29, 0.717) is 10.8 Å². The zero-order chi connectivity index (χ0) is 19.7. The SMILES string of the molecule is Cc1cc(Cl)ccc1O[C@@H](C)C(=O)NNC(=O)[C@@H]1[C@@H]2CC[C@@H](C2)[C@@H]1C(=O)[O-]. The topological polar surface area (TPSA) is 108 Å². The van der Waals surface area contributed by atoms with Gasteiger partial charge in [0.1, 0.15) is 5.75 Å². The van der Waals surface area contributed by atoms with Crippen LogP contribution in [0.15, 0.2) is 18.2 Å². The number of carboxylic acids is 1. The van der Waals surface area contributed by atoms with Crippen molar-refractivity contribution in [3.8, 4) is 5.75 Å². The van der Waals surface area contributed by atoms with Gasteiger partial charge in [0.25, 0.3) is 5.91 Å². The number of hydrogen-bond acceptors (Lipinski definition) is 5. The van der Waals surface area contributed by atoms with E-state index in [2.05, 4.69) is 10.9 Å². The fraction of sp³-hybridized carbons (Fsp3) is 0.526. The quantitative estimate of drug-likeness (QED) is 0.725. The molecule has 2 amide bonds. The Bertz CT molecular complexity index is 768. The molecule has 0 heterocycles. The van der Waals surface area contributed by atoms with E-state index < -0.39 is 35.7 Å². The van der Waals surface area contributed by atoms with Crippen molar-refractivity contribution in [2.24, 2.45) is 23.7 Å². The molecule has 3 rings (SSSR count). The van der Waals surface area contributed by atoms with Crippen molar-refractivity contribution >= 4 is 29.4 Å². The standard InChI is InChI=1S/C19H23ClN2O5/c1-9-7-13(20)5-6-14(9)27-10(2)17(23)21-22-18(24)15-11-3-4-12(8-11)16(15)19(25)26/h5-7,10-12,15-16H,3-4,8H2,1-2H3,(H,21,23)(H,22,24)(H,25,26)/p-1/t10-,11+,12-,15+,16-/m0/s1. The number of fused-ring (bicyclic) bond motifs is 2. The molecule has 146 valence electrons. The number of aliphatic carboxylic acids is 1. The summed E-state index contributed by atoms with van der Waals surface area (Å²) in [5, 5.41) is 12.0. The molecule has 0 spiro atoms. The summed E-state index contributed by atoms with van der Waals surface area (Å²) in [4.78, 5) is 36.1. The van der Waals surface area contributed by atoms with Crippen molar-refractivity contribution in [2.75, 3.05) is 0 Å².